The minimum Gasteiger partial charge on any atom is -0.497 e. The van der Waals surface area contributed by atoms with Crippen LogP contribution in [0.3, 0.4) is 0 Å². The Kier molecular flexibility index (Phi) is 7.74. The number of amides is 2. The van der Waals surface area contributed by atoms with Crippen molar-refractivity contribution in [1.29, 1.82) is 0 Å². The number of aromatic nitrogens is 2. The number of urea groups is 1. The van der Waals surface area contributed by atoms with Crippen molar-refractivity contribution in [3.8, 4) is 5.75 Å². The zero-order chi connectivity index (χ0) is 22.9. The SMILES string of the molecule is CCOC(=O)Cc1nc([C@H](Cc2ccc(OC)cc2)NC(=O)Nc2ccc(F)cc2)no1. The maximum Gasteiger partial charge on any atom is 0.319 e. The van der Waals surface area contributed by atoms with E-state index in [-0.39, 0.29) is 24.7 Å². The van der Waals surface area contributed by atoms with Crippen LogP contribution >= 0.6 is 0 Å². The smallest absolute Gasteiger partial charge is 0.319 e. The zero-order valence-corrected chi connectivity index (χ0v) is 17.6. The maximum atomic E-state index is 13.1. The van der Waals surface area contributed by atoms with Gasteiger partial charge in [0.1, 0.15) is 18.0 Å². The molecule has 1 aromatic heterocycles. The number of hydrogen-bond acceptors (Lipinski definition) is 7. The van der Waals surface area contributed by atoms with Gasteiger partial charge in [0.15, 0.2) is 5.82 Å². The number of methoxy groups -OCH3 is 1. The molecule has 1 atom stereocenters. The Labute approximate surface area is 183 Å². The van der Waals surface area contributed by atoms with Crippen molar-refractivity contribution in [3.05, 3.63) is 71.6 Å². The van der Waals surface area contributed by atoms with Gasteiger partial charge in [-0.15, -0.1) is 0 Å². The average Bonchev–Trinajstić information content (AvgIpc) is 3.24. The van der Waals surface area contributed by atoms with Gasteiger partial charge < -0.3 is 24.6 Å². The molecule has 10 heteroatoms. The van der Waals surface area contributed by atoms with Gasteiger partial charge in [0, 0.05) is 12.1 Å². The van der Waals surface area contributed by atoms with Gasteiger partial charge in [0.25, 0.3) is 0 Å². The van der Waals surface area contributed by atoms with Gasteiger partial charge in [-0.1, -0.05) is 17.3 Å². The maximum absolute atomic E-state index is 13.1. The number of ether oxygens (including phenoxy) is 2. The van der Waals surface area contributed by atoms with Crippen LogP contribution in [0, 0.1) is 5.82 Å². The first-order chi connectivity index (χ1) is 15.5. The largest absolute Gasteiger partial charge is 0.497 e. The third-order valence-electron chi connectivity index (χ3n) is 4.40. The highest BCUT2D eigenvalue weighted by Gasteiger charge is 2.22. The molecule has 0 aliphatic heterocycles. The highest BCUT2D eigenvalue weighted by Crippen LogP contribution is 2.20. The van der Waals surface area contributed by atoms with Gasteiger partial charge in [0.05, 0.1) is 19.8 Å². The summed E-state index contributed by atoms with van der Waals surface area (Å²) >= 11 is 0. The van der Waals surface area contributed by atoms with Crippen LogP contribution in [0.5, 0.6) is 5.75 Å². The molecule has 2 amide bonds. The number of nitrogens with zero attached hydrogens (tertiary/aromatic N) is 2. The van der Waals surface area contributed by atoms with Gasteiger partial charge in [-0.3, -0.25) is 4.79 Å². The number of benzene rings is 2. The summed E-state index contributed by atoms with van der Waals surface area (Å²) in [5, 5.41) is 9.34. The molecule has 0 fully saturated rings. The summed E-state index contributed by atoms with van der Waals surface area (Å²) < 4.78 is 28.3. The second-order valence-corrected chi connectivity index (χ2v) is 6.74. The first-order valence-corrected chi connectivity index (χ1v) is 9.91. The topological polar surface area (TPSA) is 116 Å². The molecule has 2 N–H and O–H groups in total. The van der Waals surface area contributed by atoms with Crippen molar-refractivity contribution in [2.45, 2.75) is 25.8 Å². The predicted octanol–water partition coefficient (Wildman–Crippen LogP) is 3.43. The molecule has 0 spiro atoms. The Morgan fingerprint density at radius 1 is 1.12 bits per heavy atom. The highest BCUT2D eigenvalue weighted by molar-refractivity contribution is 5.89. The predicted molar refractivity (Wildman–Crippen MR) is 113 cm³/mol. The number of anilines is 1. The quantitative estimate of drug-likeness (QED) is 0.488. The second kappa shape index (κ2) is 10.9. The van der Waals surface area contributed by atoms with Crippen LogP contribution in [-0.4, -0.2) is 35.9 Å². The van der Waals surface area contributed by atoms with Gasteiger partial charge in [-0.25, -0.2) is 9.18 Å². The van der Waals surface area contributed by atoms with Crippen molar-refractivity contribution < 1.29 is 28.0 Å². The van der Waals surface area contributed by atoms with Gasteiger partial charge in [-0.05, 0) is 48.9 Å². The van der Waals surface area contributed by atoms with Crippen LogP contribution in [-0.2, 0) is 22.4 Å². The van der Waals surface area contributed by atoms with Crippen LogP contribution < -0.4 is 15.4 Å². The molecule has 32 heavy (non-hydrogen) atoms. The van der Waals surface area contributed by atoms with E-state index < -0.39 is 23.9 Å². The van der Waals surface area contributed by atoms with Gasteiger partial charge in [0.2, 0.25) is 5.89 Å². The molecule has 2 aromatic carbocycles. The molecule has 0 aliphatic carbocycles. The molecular weight excluding hydrogens is 419 g/mol. The second-order valence-electron chi connectivity index (χ2n) is 6.74. The number of carbonyl (C=O) groups excluding carboxylic acids is 2. The molecule has 0 unspecified atom stereocenters. The number of halogens is 1. The number of carbonyl (C=O) groups is 2. The van der Waals surface area contributed by atoms with E-state index in [1.54, 1.807) is 26.2 Å². The Morgan fingerprint density at radius 3 is 2.50 bits per heavy atom. The normalized spacial score (nSPS) is 11.5. The number of esters is 1. The lowest BCUT2D eigenvalue weighted by atomic mass is 10.1. The molecular formula is C22H23FN4O5. The van der Waals surface area contributed by atoms with Gasteiger partial charge >= 0.3 is 12.0 Å². The summed E-state index contributed by atoms with van der Waals surface area (Å²) in [6.07, 6.45) is 0.178. The molecule has 3 aromatic rings. The molecule has 0 saturated heterocycles. The average molecular weight is 442 g/mol. The summed E-state index contributed by atoms with van der Waals surface area (Å²) in [4.78, 5) is 28.5. The van der Waals surface area contributed by atoms with Crippen LogP contribution in [0.1, 0.15) is 30.2 Å². The highest BCUT2D eigenvalue weighted by atomic mass is 19.1. The van der Waals surface area contributed by atoms with Gasteiger partial charge in [-0.2, -0.15) is 4.98 Å². The Morgan fingerprint density at radius 2 is 1.84 bits per heavy atom. The molecule has 0 radical (unpaired) electrons. The van der Waals surface area contributed by atoms with Crippen molar-refractivity contribution in [2.24, 2.45) is 0 Å². The van der Waals surface area contributed by atoms with Crippen LogP contribution in [0.25, 0.3) is 0 Å². The standard InChI is InChI=1S/C22H23FN4O5/c1-3-31-20(28)13-19-26-21(27-32-19)18(12-14-4-10-17(30-2)11-5-14)25-22(29)24-16-8-6-15(23)7-9-16/h4-11,18H,3,12-13H2,1-2H3,(H2,24,25,29)/t18-/m0/s1. The van der Waals surface area contributed by atoms with E-state index in [0.717, 1.165) is 5.56 Å². The summed E-state index contributed by atoms with van der Waals surface area (Å²) in [5.41, 5.74) is 1.30. The van der Waals surface area contributed by atoms with E-state index in [1.165, 1.54) is 24.3 Å². The Hall–Kier alpha value is -3.95. The fraction of sp³-hybridized carbons (Fsp3) is 0.273. The Balaban J connectivity index is 1.75. The molecule has 0 aliphatic rings. The van der Waals surface area contributed by atoms with Crippen molar-refractivity contribution in [2.75, 3.05) is 19.0 Å². The Bertz CT molecular complexity index is 1040. The molecule has 168 valence electrons. The number of hydrogen-bond donors (Lipinski definition) is 2. The van der Waals surface area contributed by atoms with Crippen molar-refractivity contribution in [1.82, 2.24) is 15.5 Å². The lowest BCUT2D eigenvalue weighted by Crippen LogP contribution is -2.34. The molecule has 1 heterocycles. The third kappa shape index (κ3) is 6.53. The molecule has 0 saturated carbocycles. The van der Waals surface area contributed by atoms with E-state index in [9.17, 15) is 14.0 Å². The fourth-order valence-corrected chi connectivity index (χ4v) is 2.88. The summed E-state index contributed by atoms with van der Waals surface area (Å²) in [7, 11) is 1.57. The molecule has 9 nitrogen and oxygen atoms in total. The first kappa shape index (κ1) is 22.7. The van der Waals surface area contributed by atoms with E-state index in [2.05, 4.69) is 20.8 Å². The number of rotatable bonds is 9. The first-order valence-electron chi connectivity index (χ1n) is 9.91. The number of nitrogens with one attached hydrogen (secondary N) is 2. The van der Waals surface area contributed by atoms with Crippen molar-refractivity contribution >= 4 is 17.7 Å². The monoisotopic (exact) mass is 442 g/mol. The molecule has 0 bridgehead atoms. The summed E-state index contributed by atoms with van der Waals surface area (Å²) in [6, 6.07) is 11.5. The van der Waals surface area contributed by atoms with Crippen molar-refractivity contribution in [3.63, 3.8) is 0 Å². The van der Waals surface area contributed by atoms with E-state index in [4.69, 9.17) is 14.0 Å². The van der Waals surface area contributed by atoms with Crippen LogP contribution in [0.2, 0.25) is 0 Å². The minimum atomic E-state index is -0.663. The van der Waals surface area contributed by atoms with Crippen LogP contribution in [0.15, 0.2) is 53.1 Å². The fourth-order valence-electron chi connectivity index (χ4n) is 2.88. The molecule has 3 rings (SSSR count). The minimum absolute atomic E-state index is 0.0823. The summed E-state index contributed by atoms with van der Waals surface area (Å²) in [5.74, 6) is 0.0857. The van der Waals surface area contributed by atoms with E-state index in [0.29, 0.717) is 17.9 Å². The van der Waals surface area contributed by atoms with E-state index in [1.807, 2.05) is 12.1 Å². The van der Waals surface area contributed by atoms with E-state index >= 15 is 0 Å². The van der Waals surface area contributed by atoms with Crippen LogP contribution in [0.4, 0.5) is 14.9 Å². The lowest BCUT2D eigenvalue weighted by Gasteiger charge is -2.16. The third-order valence-corrected chi connectivity index (χ3v) is 4.40. The summed E-state index contributed by atoms with van der Waals surface area (Å²) in [6.45, 7) is 1.94. The zero-order valence-electron chi connectivity index (χ0n) is 17.6. The lowest BCUT2D eigenvalue weighted by molar-refractivity contribution is -0.142.